The molecule has 0 fully saturated rings. The Hall–Kier alpha value is -0.293. The first-order chi connectivity index (χ1) is 3.56. The van der Waals surface area contributed by atoms with Crippen LogP contribution in [0.2, 0.25) is 0 Å². The third-order valence-corrected chi connectivity index (χ3v) is 1.37. The standard InChI is InChI=1S/C4H8O3Si/c1-2-8-3-4(5,6)7/h2-3,5-8H,1H2. The molecule has 0 amide bonds. The fourth-order valence-corrected chi connectivity index (χ4v) is 0.591. The van der Waals surface area contributed by atoms with E-state index in [0.717, 1.165) is 5.67 Å². The molecule has 0 unspecified atom stereocenters. The van der Waals surface area contributed by atoms with Crippen LogP contribution in [0.4, 0.5) is 0 Å². The highest BCUT2D eigenvalue weighted by Gasteiger charge is 2.09. The van der Waals surface area contributed by atoms with Crippen molar-refractivity contribution < 1.29 is 15.3 Å². The van der Waals surface area contributed by atoms with Gasteiger partial charge in [0, 0.05) is 9.13 Å². The maximum absolute atomic E-state index is 8.18. The van der Waals surface area contributed by atoms with E-state index in [0.29, 0.717) is 0 Å². The van der Waals surface area contributed by atoms with Crippen molar-refractivity contribution in [1.82, 2.24) is 0 Å². The van der Waals surface area contributed by atoms with Crippen LogP contribution in [0.1, 0.15) is 0 Å². The van der Waals surface area contributed by atoms with E-state index in [-0.39, 0.29) is 9.13 Å². The summed E-state index contributed by atoms with van der Waals surface area (Å²) in [6.45, 7) is 3.34. The van der Waals surface area contributed by atoms with Gasteiger partial charge < -0.3 is 15.3 Å². The molecule has 0 aliphatic heterocycles. The minimum atomic E-state index is -2.61. The number of rotatable bonds is 2. The van der Waals surface area contributed by atoms with E-state index in [4.69, 9.17) is 15.3 Å². The quantitative estimate of drug-likeness (QED) is 0.301. The van der Waals surface area contributed by atoms with Crippen molar-refractivity contribution in [2.45, 2.75) is 5.97 Å². The molecule has 0 heterocycles. The molecule has 0 aromatic rings. The van der Waals surface area contributed by atoms with Crippen LogP contribution in [0.3, 0.4) is 0 Å². The minimum Gasteiger partial charge on any atom is -0.341 e. The number of aliphatic hydroxyl groups is 3. The zero-order valence-corrected chi connectivity index (χ0v) is 5.44. The van der Waals surface area contributed by atoms with Crippen molar-refractivity contribution in [2.24, 2.45) is 0 Å². The van der Waals surface area contributed by atoms with Gasteiger partial charge in [0.25, 0.3) is 5.97 Å². The zero-order valence-electron chi connectivity index (χ0n) is 4.28. The summed E-state index contributed by atoms with van der Waals surface area (Å²) in [7, 11) is -0.369. The number of hydrogen-bond acceptors (Lipinski definition) is 3. The molecule has 0 saturated heterocycles. The van der Waals surface area contributed by atoms with Crippen LogP contribution in [0, 0.1) is 0 Å². The normalized spacial score (nSPS) is 12.4. The number of hydrogen-bond donors (Lipinski definition) is 3. The van der Waals surface area contributed by atoms with Crippen LogP contribution in [-0.4, -0.2) is 36.1 Å². The SMILES string of the molecule is C=C[SiH]=CC(O)(O)O. The molecule has 0 saturated carbocycles. The molecule has 3 nitrogen and oxygen atoms in total. The third-order valence-electron chi connectivity index (χ3n) is 0.456. The molecule has 3 N–H and O–H groups in total. The predicted octanol–water partition coefficient (Wildman–Crippen LogP) is -2.00. The maximum Gasteiger partial charge on any atom is 0.292 e. The van der Waals surface area contributed by atoms with Crippen LogP contribution in [-0.2, 0) is 0 Å². The summed E-state index contributed by atoms with van der Waals surface area (Å²) < 4.78 is 0. The molecular formula is C4H8O3Si. The average molecular weight is 132 g/mol. The highest BCUT2D eigenvalue weighted by atomic mass is 28.2. The Kier molecular flexibility index (Phi) is 2.78. The first-order valence-electron chi connectivity index (χ1n) is 2.03. The maximum atomic E-state index is 8.18. The van der Waals surface area contributed by atoms with E-state index in [2.05, 4.69) is 6.58 Å². The molecule has 0 radical (unpaired) electrons. The lowest BCUT2D eigenvalue weighted by Gasteiger charge is -2.05. The molecule has 46 valence electrons. The van der Waals surface area contributed by atoms with Crippen molar-refractivity contribution >= 4 is 14.8 Å². The van der Waals surface area contributed by atoms with Gasteiger partial charge in [0.05, 0.1) is 0 Å². The van der Waals surface area contributed by atoms with E-state index >= 15 is 0 Å². The third kappa shape index (κ3) is 5.71. The molecule has 0 aromatic heterocycles. The smallest absolute Gasteiger partial charge is 0.292 e. The lowest BCUT2D eigenvalue weighted by atomic mass is 10.7. The van der Waals surface area contributed by atoms with Crippen molar-refractivity contribution in [3.05, 3.63) is 12.3 Å². The molecule has 0 spiro atoms. The Balaban J connectivity index is 3.69. The molecular weight excluding hydrogens is 124 g/mol. The second-order valence-corrected chi connectivity index (χ2v) is 2.47. The Morgan fingerprint density at radius 2 is 1.88 bits per heavy atom. The molecule has 4 heteroatoms. The van der Waals surface area contributed by atoms with Crippen molar-refractivity contribution in [3.63, 3.8) is 0 Å². The van der Waals surface area contributed by atoms with Gasteiger partial charge in [-0.15, -0.1) is 6.58 Å². The van der Waals surface area contributed by atoms with Gasteiger partial charge in [0.2, 0.25) is 0 Å². The summed E-state index contributed by atoms with van der Waals surface area (Å²) in [4.78, 5) is 0. The van der Waals surface area contributed by atoms with Gasteiger partial charge in [0.1, 0.15) is 0 Å². The highest BCUT2D eigenvalue weighted by molar-refractivity contribution is 6.52. The van der Waals surface area contributed by atoms with Gasteiger partial charge in [-0.3, -0.25) is 0 Å². The van der Waals surface area contributed by atoms with E-state index < -0.39 is 5.97 Å². The Morgan fingerprint density at radius 1 is 1.38 bits per heavy atom. The topological polar surface area (TPSA) is 60.7 Å². The summed E-state index contributed by atoms with van der Waals surface area (Å²) >= 11 is 0. The van der Waals surface area contributed by atoms with Crippen LogP contribution < -0.4 is 0 Å². The van der Waals surface area contributed by atoms with Crippen LogP contribution in [0.25, 0.3) is 0 Å². The monoisotopic (exact) mass is 132 g/mol. The molecule has 8 heavy (non-hydrogen) atoms. The first kappa shape index (κ1) is 7.71. The Morgan fingerprint density at radius 3 is 2.00 bits per heavy atom. The second kappa shape index (κ2) is 2.88. The predicted molar refractivity (Wildman–Crippen MR) is 32.8 cm³/mol. The molecule has 0 bridgehead atoms. The van der Waals surface area contributed by atoms with Crippen molar-refractivity contribution in [3.8, 4) is 0 Å². The fraction of sp³-hybridized carbons (Fsp3) is 0.250. The van der Waals surface area contributed by atoms with Gasteiger partial charge in [-0.2, -0.15) is 0 Å². The van der Waals surface area contributed by atoms with Gasteiger partial charge in [-0.25, -0.2) is 0 Å². The largest absolute Gasteiger partial charge is 0.341 e. The second-order valence-electron chi connectivity index (χ2n) is 1.28. The molecule has 0 aromatic carbocycles. The van der Waals surface area contributed by atoms with Gasteiger partial charge in [-0.1, -0.05) is 5.70 Å². The van der Waals surface area contributed by atoms with E-state index in [1.807, 2.05) is 0 Å². The summed E-state index contributed by atoms with van der Waals surface area (Å²) in [5.74, 6) is -2.61. The lowest BCUT2D eigenvalue weighted by Crippen LogP contribution is -2.29. The summed E-state index contributed by atoms with van der Waals surface area (Å²) in [6, 6.07) is 0. The van der Waals surface area contributed by atoms with Gasteiger partial charge in [-0.05, 0) is 5.67 Å². The van der Waals surface area contributed by atoms with Gasteiger partial charge in [0.15, 0.2) is 0 Å². The zero-order chi connectivity index (χ0) is 6.62. The Bertz CT molecular complexity index is 102. The van der Waals surface area contributed by atoms with Crippen LogP contribution in [0.5, 0.6) is 0 Å². The summed E-state index contributed by atoms with van der Waals surface area (Å²) in [5.41, 5.74) is 2.53. The summed E-state index contributed by atoms with van der Waals surface area (Å²) in [6.07, 6.45) is 0. The molecule has 0 aliphatic carbocycles. The minimum absolute atomic E-state index is 0.369. The molecule has 0 rings (SSSR count). The van der Waals surface area contributed by atoms with Crippen molar-refractivity contribution in [2.75, 3.05) is 0 Å². The summed E-state index contributed by atoms with van der Waals surface area (Å²) in [5, 5.41) is 24.5. The molecule has 0 atom stereocenters. The van der Waals surface area contributed by atoms with Crippen LogP contribution >= 0.6 is 0 Å². The lowest BCUT2D eigenvalue weighted by molar-refractivity contribution is -0.250. The van der Waals surface area contributed by atoms with Crippen molar-refractivity contribution in [1.29, 1.82) is 0 Å². The fourth-order valence-electron chi connectivity index (χ4n) is 0.197. The highest BCUT2D eigenvalue weighted by Crippen LogP contribution is 1.81. The molecule has 0 aliphatic rings. The Labute approximate surface area is 49.3 Å². The van der Waals surface area contributed by atoms with E-state index in [1.54, 1.807) is 0 Å². The van der Waals surface area contributed by atoms with Gasteiger partial charge >= 0.3 is 0 Å². The van der Waals surface area contributed by atoms with E-state index in [9.17, 15) is 0 Å². The van der Waals surface area contributed by atoms with E-state index in [1.165, 1.54) is 5.70 Å². The van der Waals surface area contributed by atoms with Crippen LogP contribution in [0.15, 0.2) is 12.3 Å². The average Bonchev–Trinajstić information content (AvgIpc) is 1.59. The first-order valence-corrected chi connectivity index (χ1v) is 3.37.